The van der Waals surface area contributed by atoms with Gasteiger partial charge in [0.25, 0.3) is 0 Å². The average Bonchev–Trinajstić information content (AvgIpc) is 2.54. The Morgan fingerprint density at radius 2 is 2.09 bits per heavy atom. The zero-order valence-electron chi connectivity index (χ0n) is 11.7. The largest absolute Gasteiger partial charge is 0.502 e. The molecule has 1 heterocycles. The van der Waals surface area contributed by atoms with E-state index in [0.717, 1.165) is 0 Å². The third-order valence-electron chi connectivity index (χ3n) is 3.22. The predicted molar refractivity (Wildman–Crippen MR) is 85.5 cm³/mol. The highest BCUT2D eigenvalue weighted by molar-refractivity contribution is 5.93. The minimum Gasteiger partial charge on any atom is -0.502 e. The standard InChI is InChI=1S/C16H10N4O3/c1-2-10-4-3-5-11(6-10)19-16-12-7-14(20(22)23)15(21)8-13(12)17-9-18-16/h1,3-9,21H,(H,17,18,19). The number of phenolic OH excluding ortho intramolecular Hbond substituents is 1. The second kappa shape index (κ2) is 5.61. The molecule has 0 atom stereocenters. The quantitative estimate of drug-likeness (QED) is 0.438. The molecular formula is C16H10N4O3. The average molecular weight is 306 g/mol. The summed E-state index contributed by atoms with van der Waals surface area (Å²) in [5, 5.41) is 24.1. The predicted octanol–water partition coefficient (Wildman–Crippen LogP) is 2.97. The lowest BCUT2D eigenvalue weighted by Gasteiger charge is -2.09. The lowest BCUT2D eigenvalue weighted by Crippen LogP contribution is -1.97. The van der Waals surface area contributed by atoms with Crippen LogP contribution >= 0.6 is 0 Å². The molecule has 2 aromatic carbocycles. The van der Waals surface area contributed by atoms with Crippen molar-refractivity contribution in [3.8, 4) is 18.1 Å². The first-order valence-corrected chi connectivity index (χ1v) is 6.54. The van der Waals surface area contributed by atoms with Gasteiger partial charge in [-0.25, -0.2) is 9.97 Å². The van der Waals surface area contributed by atoms with Crippen molar-refractivity contribution < 1.29 is 10.0 Å². The molecule has 112 valence electrons. The molecule has 23 heavy (non-hydrogen) atoms. The van der Waals surface area contributed by atoms with E-state index in [4.69, 9.17) is 6.42 Å². The molecule has 2 N–H and O–H groups in total. The van der Waals surface area contributed by atoms with Crippen molar-refractivity contribution in [3.05, 3.63) is 58.4 Å². The van der Waals surface area contributed by atoms with Crippen molar-refractivity contribution in [2.45, 2.75) is 0 Å². The van der Waals surface area contributed by atoms with E-state index in [2.05, 4.69) is 21.2 Å². The second-order valence-corrected chi connectivity index (χ2v) is 4.69. The molecule has 0 amide bonds. The van der Waals surface area contributed by atoms with Crippen molar-refractivity contribution in [2.75, 3.05) is 5.32 Å². The summed E-state index contributed by atoms with van der Waals surface area (Å²) in [6.45, 7) is 0. The fourth-order valence-corrected chi connectivity index (χ4v) is 2.15. The molecule has 7 heteroatoms. The second-order valence-electron chi connectivity index (χ2n) is 4.69. The molecular weight excluding hydrogens is 296 g/mol. The van der Waals surface area contributed by atoms with Crippen LogP contribution in [0.1, 0.15) is 5.56 Å². The Morgan fingerprint density at radius 3 is 2.83 bits per heavy atom. The van der Waals surface area contributed by atoms with Gasteiger partial charge in [-0.2, -0.15) is 0 Å². The number of aromatic hydroxyl groups is 1. The summed E-state index contributed by atoms with van der Waals surface area (Å²) in [4.78, 5) is 18.4. The molecule has 3 rings (SSSR count). The number of nitro groups is 1. The van der Waals surface area contributed by atoms with Crippen LogP contribution in [0.2, 0.25) is 0 Å². The molecule has 0 fully saturated rings. The molecule has 0 aliphatic carbocycles. The smallest absolute Gasteiger partial charge is 0.311 e. The maximum absolute atomic E-state index is 11.0. The fourth-order valence-electron chi connectivity index (χ4n) is 2.15. The molecule has 0 bridgehead atoms. The number of hydrogen-bond acceptors (Lipinski definition) is 6. The van der Waals surface area contributed by atoms with E-state index in [-0.39, 0.29) is 0 Å². The number of benzene rings is 2. The summed E-state index contributed by atoms with van der Waals surface area (Å²) in [7, 11) is 0. The summed E-state index contributed by atoms with van der Waals surface area (Å²) in [5.41, 5.74) is 1.36. The van der Waals surface area contributed by atoms with E-state index in [1.807, 2.05) is 0 Å². The van der Waals surface area contributed by atoms with Crippen LogP contribution in [0.5, 0.6) is 5.75 Å². The van der Waals surface area contributed by atoms with Gasteiger partial charge in [0.2, 0.25) is 0 Å². The molecule has 0 saturated carbocycles. The van der Waals surface area contributed by atoms with Crippen LogP contribution in [0.3, 0.4) is 0 Å². The molecule has 0 aliphatic heterocycles. The molecule has 0 radical (unpaired) electrons. The van der Waals surface area contributed by atoms with Gasteiger partial charge in [-0.15, -0.1) is 6.42 Å². The van der Waals surface area contributed by atoms with Crippen LogP contribution in [0.25, 0.3) is 10.9 Å². The summed E-state index contributed by atoms with van der Waals surface area (Å²) in [6, 6.07) is 9.59. The molecule has 0 saturated heterocycles. The van der Waals surface area contributed by atoms with Gasteiger partial charge in [-0.1, -0.05) is 12.0 Å². The van der Waals surface area contributed by atoms with E-state index < -0.39 is 16.4 Å². The van der Waals surface area contributed by atoms with Gasteiger partial charge in [0.15, 0.2) is 5.75 Å². The fraction of sp³-hybridized carbons (Fsp3) is 0. The van der Waals surface area contributed by atoms with Crippen LogP contribution in [0.4, 0.5) is 17.2 Å². The maximum atomic E-state index is 11.0. The van der Waals surface area contributed by atoms with Gasteiger partial charge in [0, 0.05) is 23.4 Å². The van der Waals surface area contributed by atoms with Crippen molar-refractivity contribution in [2.24, 2.45) is 0 Å². The van der Waals surface area contributed by atoms with E-state index >= 15 is 0 Å². The van der Waals surface area contributed by atoms with Gasteiger partial charge in [-0.3, -0.25) is 10.1 Å². The van der Waals surface area contributed by atoms with Crippen LogP contribution < -0.4 is 5.32 Å². The highest BCUT2D eigenvalue weighted by Crippen LogP contribution is 2.33. The number of nitro benzene ring substituents is 1. The van der Waals surface area contributed by atoms with Crippen LogP contribution in [0, 0.1) is 22.5 Å². The topological polar surface area (TPSA) is 101 Å². The van der Waals surface area contributed by atoms with Gasteiger partial charge in [0.1, 0.15) is 12.1 Å². The summed E-state index contributed by atoms with van der Waals surface area (Å²) in [5.74, 6) is 2.47. The van der Waals surface area contributed by atoms with Gasteiger partial charge in [-0.05, 0) is 18.2 Å². The van der Waals surface area contributed by atoms with Crippen LogP contribution in [0.15, 0.2) is 42.7 Å². The number of nitrogens with zero attached hydrogens (tertiary/aromatic N) is 3. The lowest BCUT2D eigenvalue weighted by molar-refractivity contribution is -0.385. The third kappa shape index (κ3) is 2.73. The molecule has 3 aromatic rings. The molecule has 7 nitrogen and oxygen atoms in total. The van der Waals surface area contributed by atoms with E-state index in [0.29, 0.717) is 28.0 Å². The van der Waals surface area contributed by atoms with E-state index in [1.54, 1.807) is 24.3 Å². The molecule has 0 aliphatic rings. The number of anilines is 2. The first-order chi connectivity index (χ1) is 11.1. The zero-order chi connectivity index (χ0) is 16.4. The highest BCUT2D eigenvalue weighted by atomic mass is 16.6. The first kappa shape index (κ1) is 14.3. The number of phenols is 1. The Balaban J connectivity index is 2.12. The monoisotopic (exact) mass is 306 g/mol. The van der Waals surface area contributed by atoms with Gasteiger partial charge < -0.3 is 10.4 Å². The summed E-state index contributed by atoms with van der Waals surface area (Å²) in [6.07, 6.45) is 6.67. The van der Waals surface area contributed by atoms with Crippen molar-refractivity contribution >= 4 is 28.1 Å². The van der Waals surface area contributed by atoms with E-state index in [9.17, 15) is 15.2 Å². The minimum atomic E-state index is -0.662. The van der Waals surface area contributed by atoms with Crippen LogP contribution in [-0.4, -0.2) is 20.0 Å². The summed E-state index contributed by atoms with van der Waals surface area (Å²) < 4.78 is 0. The molecule has 0 spiro atoms. The number of rotatable bonds is 3. The van der Waals surface area contributed by atoms with Crippen molar-refractivity contribution in [1.82, 2.24) is 9.97 Å². The first-order valence-electron chi connectivity index (χ1n) is 6.54. The number of hydrogen-bond donors (Lipinski definition) is 2. The number of aromatic nitrogens is 2. The number of fused-ring (bicyclic) bond motifs is 1. The summed E-state index contributed by atoms with van der Waals surface area (Å²) >= 11 is 0. The van der Waals surface area contributed by atoms with Crippen molar-refractivity contribution in [1.29, 1.82) is 0 Å². The lowest BCUT2D eigenvalue weighted by atomic mass is 10.1. The Hall–Kier alpha value is -3.66. The SMILES string of the molecule is C#Cc1cccc(Nc2ncnc3cc(O)c([N+](=O)[O-])cc23)c1. The Kier molecular flexibility index (Phi) is 3.49. The third-order valence-corrected chi connectivity index (χ3v) is 3.22. The molecule has 1 aromatic heterocycles. The van der Waals surface area contributed by atoms with E-state index in [1.165, 1.54) is 18.5 Å². The molecule has 0 unspecified atom stereocenters. The minimum absolute atomic E-state index is 0.382. The Labute approximate surface area is 130 Å². The number of nitrogens with one attached hydrogen (secondary N) is 1. The Morgan fingerprint density at radius 1 is 1.26 bits per heavy atom. The normalized spacial score (nSPS) is 10.2. The maximum Gasteiger partial charge on any atom is 0.311 e. The van der Waals surface area contributed by atoms with Crippen molar-refractivity contribution in [3.63, 3.8) is 0 Å². The van der Waals surface area contributed by atoms with Gasteiger partial charge >= 0.3 is 5.69 Å². The Bertz CT molecular complexity index is 963. The van der Waals surface area contributed by atoms with Gasteiger partial charge in [0.05, 0.1) is 15.8 Å². The zero-order valence-corrected chi connectivity index (χ0v) is 11.7. The van der Waals surface area contributed by atoms with Crippen LogP contribution in [-0.2, 0) is 0 Å². The number of terminal acetylenes is 1. The highest BCUT2D eigenvalue weighted by Gasteiger charge is 2.17.